The molecule has 1 aromatic rings. The second-order valence-electron chi connectivity index (χ2n) is 4.54. The van der Waals surface area contributed by atoms with E-state index in [2.05, 4.69) is 4.98 Å². The van der Waals surface area contributed by atoms with Crippen molar-refractivity contribution < 1.29 is 18.1 Å². The maximum atomic E-state index is 10.8. The zero-order valence-corrected chi connectivity index (χ0v) is 13.2. The summed E-state index contributed by atoms with van der Waals surface area (Å²) >= 11 is 0. The van der Waals surface area contributed by atoms with Gasteiger partial charge in [0.25, 0.3) is 0 Å². The van der Waals surface area contributed by atoms with Gasteiger partial charge in [-0.1, -0.05) is 12.8 Å². The number of hydrogen-bond donors (Lipinski definition) is 0. The van der Waals surface area contributed by atoms with Gasteiger partial charge in [-0.25, -0.2) is 8.42 Å². The van der Waals surface area contributed by atoms with Gasteiger partial charge in [-0.2, -0.15) is 0 Å². The topological polar surface area (TPSA) is 99.4 Å². The van der Waals surface area contributed by atoms with E-state index in [-0.39, 0.29) is 17.3 Å². The second-order valence-corrected chi connectivity index (χ2v) is 7.43. The van der Waals surface area contributed by atoms with Crippen LogP contribution in [0.5, 0.6) is 5.75 Å². The predicted octanol–water partition coefficient (Wildman–Crippen LogP) is 2.81. The normalized spacial score (nSPS) is 11.3. The van der Waals surface area contributed by atoms with Gasteiger partial charge in [0.1, 0.15) is 5.69 Å². The average Bonchev–Trinajstić information content (AvgIpc) is 2.37. The highest BCUT2D eigenvalue weighted by Gasteiger charge is 2.17. The molecule has 0 aromatic carbocycles. The van der Waals surface area contributed by atoms with E-state index in [9.17, 15) is 18.5 Å². The monoisotopic (exact) mass is 336 g/mol. The van der Waals surface area contributed by atoms with Crippen molar-refractivity contribution in [2.45, 2.75) is 32.6 Å². The van der Waals surface area contributed by atoms with E-state index in [0.717, 1.165) is 6.42 Å². The molecule has 0 aliphatic rings. The fourth-order valence-corrected chi connectivity index (χ4v) is 2.56. The highest BCUT2D eigenvalue weighted by molar-refractivity contribution is 8.13. The smallest absolute Gasteiger partial charge is 0.406 e. The first kappa shape index (κ1) is 17.6. The van der Waals surface area contributed by atoms with Crippen LogP contribution in [-0.4, -0.2) is 30.7 Å². The number of rotatable bonds is 9. The van der Waals surface area contributed by atoms with Crippen LogP contribution in [0.15, 0.2) is 12.1 Å². The summed E-state index contributed by atoms with van der Waals surface area (Å²) in [7, 11) is 1.67. The number of ether oxygens (including phenoxy) is 1. The van der Waals surface area contributed by atoms with Crippen LogP contribution in [0.4, 0.5) is 5.82 Å². The van der Waals surface area contributed by atoms with Gasteiger partial charge in [0.05, 0.1) is 12.4 Å². The van der Waals surface area contributed by atoms with Crippen LogP contribution in [0.1, 0.15) is 31.4 Å². The fourth-order valence-electron chi connectivity index (χ4n) is 1.69. The van der Waals surface area contributed by atoms with Crippen LogP contribution < -0.4 is 4.74 Å². The molecule has 0 amide bonds. The van der Waals surface area contributed by atoms with Gasteiger partial charge >= 0.3 is 5.82 Å². The summed E-state index contributed by atoms with van der Waals surface area (Å²) in [6.45, 7) is 1.99. The molecule has 1 heterocycles. The number of unbranched alkanes of at least 4 members (excludes halogenated alkanes) is 3. The van der Waals surface area contributed by atoms with Crippen LogP contribution in [-0.2, 0) is 9.05 Å². The van der Waals surface area contributed by atoms with Crippen molar-refractivity contribution in [3.63, 3.8) is 0 Å². The largest absolute Gasteiger partial charge is 0.486 e. The molecule has 0 aliphatic heterocycles. The lowest BCUT2D eigenvalue weighted by molar-refractivity contribution is -0.390. The van der Waals surface area contributed by atoms with E-state index in [1.807, 2.05) is 0 Å². The minimum absolute atomic E-state index is 0.0389. The van der Waals surface area contributed by atoms with Crippen molar-refractivity contribution in [3.8, 4) is 5.75 Å². The SMILES string of the molecule is Cc1ccc(OCCCCCCS(=O)(=O)Cl)c([N+](=O)[O-])n1. The number of aromatic nitrogens is 1. The molecule has 0 radical (unpaired) electrons. The molecule has 21 heavy (non-hydrogen) atoms. The predicted molar refractivity (Wildman–Crippen MR) is 79.2 cm³/mol. The minimum Gasteiger partial charge on any atom is -0.486 e. The maximum absolute atomic E-state index is 10.8. The quantitative estimate of drug-likeness (QED) is 0.297. The van der Waals surface area contributed by atoms with Crippen LogP contribution in [0.25, 0.3) is 0 Å². The summed E-state index contributed by atoms with van der Waals surface area (Å²) < 4.78 is 26.8. The van der Waals surface area contributed by atoms with E-state index < -0.39 is 14.0 Å². The Kier molecular flexibility index (Phi) is 6.83. The lowest BCUT2D eigenvalue weighted by Gasteiger charge is -2.06. The minimum atomic E-state index is -3.42. The summed E-state index contributed by atoms with van der Waals surface area (Å²) in [5, 5.41) is 10.8. The summed E-state index contributed by atoms with van der Waals surface area (Å²) in [4.78, 5) is 14.1. The zero-order valence-electron chi connectivity index (χ0n) is 11.6. The third-order valence-electron chi connectivity index (χ3n) is 2.69. The van der Waals surface area contributed by atoms with Gasteiger partial charge in [-0.05, 0) is 34.9 Å². The summed E-state index contributed by atoms with van der Waals surface area (Å²) in [6.07, 6.45) is 2.65. The van der Waals surface area contributed by atoms with Gasteiger partial charge < -0.3 is 14.9 Å². The van der Waals surface area contributed by atoms with Crippen LogP contribution in [0, 0.1) is 17.0 Å². The van der Waals surface area contributed by atoms with Crippen LogP contribution in [0.3, 0.4) is 0 Å². The van der Waals surface area contributed by atoms with Crippen molar-refractivity contribution in [2.24, 2.45) is 0 Å². The molecule has 118 valence electrons. The molecule has 0 aliphatic carbocycles. The first-order valence-corrected chi connectivity index (χ1v) is 8.94. The van der Waals surface area contributed by atoms with Gasteiger partial charge in [0.2, 0.25) is 14.8 Å². The molecule has 0 N–H and O–H groups in total. The second kappa shape index (κ2) is 8.14. The summed E-state index contributed by atoms with van der Waals surface area (Å²) in [6, 6.07) is 3.17. The molecule has 0 atom stereocenters. The molecule has 0 bridgehead atoms. The molecule has 0 fully saturated rings. The van der Waals surface area contributed by atoms with Crippen molar-refractivity contribution in [3.05, 3.63) is 27.9 Å². The Morgan fingerprint density at radius 1 is 1.29 bits per heavy atom. The number of halogens is 1. The average molecular weight is 337 g/mol. The Hall–Kier alpha value is -1.41. The Morgan fingerprint density at radius 3 is 2.57 bits per heavy atom. The number of nitro groups is 1. The van der Waals surface area contributed by atoms with Crippen LogP contribution in [0.2, 0.25) is 0 Å². The Labute approximate surface area is 127 Å². The van der Waals surface area contributed by atoms with E-state index in [1.54, 1.807) is 13.0 Å². The third kappa shape index (κ3) is 7.24. The number of hydrogen-bond acceptors (Lipinski definition) is 6. The zero-order chi connectivity index (χ0) is 15.9. The van der Waals surface area contributed by atoms with E-state index in [0.29, 0.717) is 31.6 Å². The number of pyridine rings is 1. The van der Waals surface area contributed by atoms with Crippen LogP contribution >= 0.6 is 10.7 Å². The molecular weight excluding hydrogens is 320 g/mol. The molecule has 0 saturated carbocycles. The fraction of sp³-hybridized carbons (Fsp3) is 0.583. The van der Waals surface area contributed by atoms with E-state index in [4.69, 9.17) is 15.4 Å². The van der Waals surface area contributed by atoms with E-state index in [1.165, 1.54) is 6.07 Å². The third-order valence-corrected chi connectivity index (χ3v) is 3.93. The molecule has 0 saturated heterocycles. The van der Waals surface area contributed by atoms with Crippen molar-refractivity contribution in [1.82, 2.24) is 4.98 Å². The molecule has 1 rings (SSSR count). The molecule has 0 spiro atoms. The molecule has 1 aromatic heterocycles. The summed E-state index contributed by atoms with van der Waals surface area (Å²) in [5.41, 5.74) is 0.552. The lowest BCUT2D eigenvalue weighted by atomic mass is 10.2. The first-order valence-electron chi connectivity index (χ1n) is 6.47. The van der Waals surface area contributed by atoms with Gasteiger partial charge in [-0.15, -0.1) is 0 Å². The lowest BCUT2D eigenvalue weighted by Crippen LogP contribution is -2.03. The molecule has 0 unspecified atom stereocenters. The Balaban J connectivity index is 2.32. The van der Waals surface area contributed by atoms with Gasteiger partial charge in [-0.3, -0.25) is 0 Å². The summed E-state index contributed by atoms with van der Waals surface area (Å²) in [5.74, 6) is -0.180. The van der Waals surface area contributed by atoms with Gasteiger partial charge in [0.15, 0.2) is 0 Å². The first-order chi connectivity index (χ1) is 9.79. The van der Waals surface area contributed by atoms with Crippen molar-refractivity contribution >= 4 is 25.6 Å². The number of nitrogens with zero attached hydrogens (tertiary/aromatic N) is 2. The van der Waals surface area contributed by atoms with Crippen molar-refractivity contribution in [2.75, 3.05) is 12.4 Å². The highest BCUT2D eigenvalue weighted by Crippen LogP contribution is 2.24. The molecule has 9 heteroatoms. The van der Waals surface area contributed by atoms with Crippen molar-refractivity contribution in [1.29, 1.82) is 0 Å². The Bertz CT molecular complexity index is 591. The Morgan fingerprint density at radius 2 is 1.95 bits per heavy atom. The molecule has 7 nitrogen and oxygen atoms in total. The highest BCUT2D eigenvalue weighted by atomic mass is 35.7. The molecular formula is C12H17ClN2O5S. The standard InChI is InChI=1S/C12H17ClN2O5S/c1-10-6-7-11(12(14-10)15(16)17)20-8-4-2-3-5-9-21(13,18)19/h6-7H,2-5,8-9H2,1H3. The van der Waals surface area contributed by atoms with Gasteiger partial charge in [0, 0.05) is 17.6 Å². The van der Waals surface area contributed by atoms with E-state index >= 15 is 0 Å². The number of aryl methyl sites for hydroxylation is 1. The maximum Gasteiger partial charge on any atom is 0.406 e.